The molecule has 1 aromatic carbocycles. The number of alkyl halides is 2. The minimum absolute atomic E-state index is 0. The van der Waals surface area contributed by atoms with Crippen LogP contribution in [0.15, 0.2) is 24.3 Å². The van der Waals surface area contributed by atoms with Crippen LogP contribution in [-0.4, -0.2) is 36.4 Å². The van der Waals surface area contributed by atoms with Crippen LogP contribution < -0.4 is 11.1 Å². The van der Waals surface area contributed by atoms with E-state index in [4.69, 9.17) is 5.73 Å². The van der Waals surface area contributed by atoms with Gasteiger partial charge in [-0.05, 0) is 35.6 Å². The summed E-state index contributed by atoms with van der Waals surface area (Å²) in [6, 6.07) is 7.15. The maximum atomic E-state index is 13.0. The fourth-order valence-electron chi connectivity index (χ4n) is 1.86. The highest BCUT2D eigenvalue weighted by Gasteiger charge is 2.27. The van der Waals surface area contributed by atoms with Crippen LogP contribution in [0.1, 0.15) is 26.9 Å². The fraction of sp³-hybridized carbons (Fsp3) is 0.500. The highest BCUT2D eigenvalue weighted by atomic mass is 35.5. The van der Waals surface area contributed by atoms with Crippen LogP contribution in [0, 0.1) is 0 Å². The molecule has 0 aromatic heterocycles. The highest BCUT2D eigenvalue weighted by molar-refractivity contribution is 8.16. The Bertz CT molecular complexity index is 482. The SMILES string of the molecule is Cl.NCC(F)(F)CNC(=O)c1ccc(C2SCCCS2)cc1. The molecule has 1 aliphatic rings. The molecule has 1 aliphatic heterocycles. The molecule has 0 aliphatic carbocycles. The van der Waals surface area contributed by atoms with E-state index in [0.29, 0.717) is 10.1 Å². The first kappa shape index (κ1) is 19.5. The normalized spacial score (nSPS) is 16.0. The smallest absolute Gasteiger partial charge is 0.277 e. The number of nitrogens with two attached hydrogens (primary N) is 1. The van der Waals surface area contributed by atoms with Gasteiger partial charge in [0.1, 0.15) is 0 Å². The Labute approximate surface area is 143 Å². The quantitative estimate of drug-likeness (QED) is 0.837. The van der Waals surface area contributed by atoms with Crippen molar-refractivity contribution in [3.05, 3.63) is 35.4 Å². The van der Waals surface area contributed by atoms with Crippen LogP contribution in [0.2, 0.25) is 0 Å². The van der Waals surface area contributed by atoms with Crippen molar-refractivity contribution in [1.29, 1.82) is 0 Å². The number of carbonyl (C=O) groups excluding carboxylic acids is 1. The van der Waals surface area contributed by atoms with Crippen molar-refractivity contribution in [2.75, 3.05) is 24.6 Å². The Morgan fingerprint density at radius 2 is 1.86 bits per heavy atom. The molecule has 0 bridgehead atoms. The van der Waals surface area contributed by atoms with Gasteiger partial charge in [-0.1, -0.05) is 12.1 Å². The van der Waals surface area contributed by atoms with Crippen molar-refractivity contribution in [3.8, 4) is 0 Å². The molecule has 1 heterocycles. The van der Waals surface area contributed by atoms with Crippen LogP contribution in [0.3, 0.4) is 0 Å². The van der Waals surface area contributed by atoms with Crippen molar-refractivity contribution in [3.63, 3.8) is 0 Å². The maximum Gasteiger partial charge on any atom is 0.277 e. The highest BCUT2D eigenvalue weighted by Crippen LogP contribution is 2.43. The van der Waals surface area contributed by atoms with Gasteiger partial charge in [-0.15, -0.1) is 35.9 Å². The Morgan fingerprint density at radius 3 is 2.41 bits per heavy atom. The van der Waals surface area contributed by atoms with E-state index in [1.807, 2.05) is 35.7 Å². The largest absolute Gasteiger partial charge is 0.346 e. The lowest BCUT2D eigenvalue weighted by molar-refractivity contribution is 0.0118. The van der Waals surface area contributed by atoms with E-state index < -0.39 is 24.9 Å². The number of rotatable bonds is 5. The lowest BCUT2D eigenvalue weighted by Crippen LogP contribution is -2.41. The molecule has 0 saturated carbocycles. The molecule has 2 rings (SSSR count). The zero-order valence-electron chi connectivity index (χ0n) is 11.9. The predicted octanol–water partition coefficient (Wildman–Crippen LogP) is 3.30. The van der Waals surface area contributed by atoms with Crippen LogP contribution >= 0.6 is 35.9 Å². The number of amides is 1. The number of hydrogen-bond acceptors (Lipinski definition) is 4. The molecule has 0 atom stereocenters. The molecule has 0 radical (unpaired) electrons. The Hall–Kier alpha value is -0.500. The molecule has 1 aromatic rings. The van der Waals surface area contributed by atoms with Gasteiger partial charge >= 0.3 is 0 Å². The van der Waals surface area contributed by atoms with Gasteiger partial charge in [-0.2, -0.15) is 0 Å². The first-order valence-corrected chi connectivity index (χ1v) is 8.81. The number of halogens is 3. The summed E-state index contributed by atoms with van der Waals surface area (Å²) in [6.07, 6.45) is 1.22. The topological polar surface area (TPSA) is 55.1 Å². The summed E-state index contributed by atoms with van der Waals surface area (Å²) in [4.78, 5) is 11.8. The average molecular weight is 369 g/mol. The Balaban J connectivity index is 0.00000242. The van der Waals surface area contributed by atoms with E-state index >= 15 is 0 Å². The van der Waals surface area contributed by atoms with Crippen LogP contribution in [-0.2, 0) is 0 Å². The summed E-state index contributed by atoms with van der Waals surface area (Å²) in [7, 11) is 0. The first-order chi connectivity index (χ1) is 10.0. The molecule has 124 valence electrons. The van der Waals surface area contributed by atoms with Gasteiger partial charge in [-0.3, -0.25) is 4.79 Å². The molecule has 1 amide bonds. The number of nitrogens with one attached hydrogen (secondary N) is 1. The third-order valence-corrected chi connectivity index (χ3v) is 6.09. The van der Waals surface area contributed by atoms with Crippen LogP contribution in [0.25, 0.3) is 0 Å². The third-order valence-electron chi connectivity index (χ3n) is 3.08. The molecule has 3 nitrogen and oxygen atoms in total. The standard InChI is InChI=1S/C14H18F2N2OS2.ClH/c15-14(16,8-17)9-18-12(19)10-2-4-11(5-3-10)13-20-6-1-7-21-13;/h2-5,13H,1,6-9,17H2,(H,18,19);1H. The van der Waals surface area contributed by atoms with Gasteiger partial charge < -0.3 is 11.1 Å². The van der Waals surface area contributed by atoms with E-state index in [1.54, 1.807) is 12.1 Å². The van der Waals surface area contributed by atoms with Gasteiger partial charge in [0, 0.05) is 5.56 Å². The summed E-state index contributed by atoms with van der Waals surface area (Å²) >= 11 is 3.79. The van der Waals surface area contributed by atoms with Crippen molar-refractivity contribution in [2.24, 2.45) is 5.73 Å². The Kier molecular flexibility index (Phi) is 7.96. The zero-order chi connectivity index (χ0) is 15.3. The van der Waals surface area contributed by atoms with Gasteiger partial charge in [-0.25, -0.2) is 8.78 Å². The molecule has 8 heteroatoms. The van der Waals surface area contributed by atoms with Gasteiger partial charge in [0.25, 0.3) is 11.8 Å². The second-order valence-corrected chi connectivity index (χ2v) is 7.52. The maximum absolute atomic E-state index is 13.0. The second kappa shape index (κ2) is 8.96. The summed E-state index contributed by atoms with van der Waals surface area (Å²) in [5.74, 6) is -1.27. The minimum atomic E-state index is -3.06. The van der Waals surface area contributed by atoms with E-state index in [2.05, 4.69) is 5.32 Å². The van der Waals surface area contributed by atoms with E-state index in [0.717, 1.165) is 17.1 Å². The zero-order valence-corrected chi connectivity index (χ0v) is 14.3. The molecule has 22 heavy (non-hydrogen) atoms. The van der Waals surface area contributed by atoms with E-state index in [9.17, 15) is 13.6 Å². The summed E-state index contributed by atoms with van der Waals surface area (Å²) < 4.78 is 26.4. The van der Waals surface area contributed by atoms with Crippen molar-refractivity contribution in [1.82, 2.24) is 5.32 Å². The minimum Gasteiger partial charge on any atom is -0.346 e. The number of hydrogen-bond donors (Lipinski definition) is 2. The number of thioether (sulfide) groups is 2. The molecule has 0 unspecified atom stereocenters. The van der Waals surface area contributed by atoms with E-state index in [1.165, 1.54) is 6.42 Å². The first-order valence-electron chi connectivity index (χ1n) is 6.71. The molecule has 3 N–H and O–H groups in total. The molecule has 1 saturated heterocycles. The molecular weight excluding hydrogens is 350 g/mol. The summed E-state index contributed by atoms with van der Waals surface area (Å²) in [6.45, 7) is -1.51. The van der Waals surface area contributed by atoms with Crippen molar-refractivity contribution < 1.29 is 13.6 Å². The van der Waals surface area contributed by atoms with Crippen LogP contribution in [0.5, 0.6) is 0 Å². The fourth-order valence-corrected chi connectivity index (χ4v) is 4.75. The van der Waals surface area contributed by atoms with Crippen molar-refractivity contribution in [2.45, 2.75) is 16.9 Å². The van der Waals surface area contributed by atoms with Gasteiger partial charge in [0.05, 0.1) is 17.7 Å². The van der Waals surface area contributed by atoms with Crippen LogP contribution in [0.4, 0.5) is 8.78 Å². The predicted molar refractivity (Wildman–Crippen MR) is 92.3 cm³/mol. The number of benzene rings is 1. The van der Waals surface area contributed by atoms with Gasteiger partial charge in [0.2, 0.25) is 0 Å². The molecule has 1 fully saturated rings. The number of carbonyl (C=O) groups is 1. The monoisotopic (exact) mass is 368 g/mol. The van der Waals surface area contributed by atoms with Crippen molar-refractivity contribution >= 4 is 41.8 Å². The molecular formula is C14H19ClF2N2OS2. The van der Waals surface area contributed by atoms with Gasteiger partial charge in [0.15, 0.2) is 0 Å². The molecule has 0 spiro atoms. The summed E-state index contributed by atoms with van der Waals surface area (Å²) in [5.41, 5.74) is 6.47. The average Bonchev–Trinajstić information content (AvgIpc) is 2.54. The Morgan fingerprint density at radius 1 is 1.27 bits per heavy atom. The second-order valence-electron chi connectivity index (χ2n) is 4.79. The third kappa shape index (κ3) is 5.61. The van der Waals surface area contributed by atoms with E-state index in [-0.39, 0.29) is 12.4 Å². The summed E-state index contributed by atoms with van der Waals surface area (Å²) in [5, 5.41) is 2.21. The lowest BCUT2D eigenvalue weighted by Gasteiger charge is -2.21. The lowest BCUT2D eigenvalue weighted by atomic mass is 10.1.